The Kier molecular flexibility index (Phi) is 5.03. The van der Waals surface area contributed by atoms with E-state index in [2.05, 4.69) is 43.6 Å². The van der Waals surface area contributed by atoms with Crippen LogP contribution in [0, 0.1) is 13.8 Å². The predicted octanol–water partition coefficient (Wildman–Crippen LogP) is 1.99. The summed E-state index contributed by atoms with van der Waals surface area (Å²) in [5.41, 5.74) is 3.99. The SMILES string of the molecule is CC[C@H](CO)NCc1cc(C)n(CC)c1C. The minimum absolute atomic E-state index is 0.211. The maximum Gasteiger partial charge on any atom is 0.0584 e. The second-order valence-electron chi connectivity index (χ2n) is 4.31. The largest absolute Gasteiger partial charge is 0.395 e. The first-order valence-electron chi connectivity index (χ1n) is 6.13. The highest BCUT2D eigenvalue weighted by Gasteiger charge is 2.09. The Bertz CT molecular complexity index is 327. The summed E-state index contributed by atoms with van der Waals surface area (Å²) in [7, 11) is 0. The van der Waals surface area contributed by atoms with Gasteiger partial charge in [0, 0.05) is 30.5 Å². The van der Waals surface area contributed by atoms with Crippen molar-refractivity contribution in [1.82, 2.24) is 9.88 Å². The first kappa shape index (κ1) is 13.3. The Morgan fingerprint density at radius 1 is 1.38 bits per heavy atom. The molecule has 0 amide bonds. The van der Waals surface area contributed by atoms with Gasteiger partial charge in [-0.25, -0.2) is 0 Å². The highest BCUT2D eigenvalue weighted by molar-refractivity contribution is 5.26. The summed E-state index contributed by atoms with van der Waals surface area (Å²) in [6.45, 7) is 10.6. The molecule has 0 fully saturated rings. The predicted molar refractivity (Wildman–Crippen MR) is 67.6 cm³/mol. The molecular formula is C13H24N2O. The Hall–Kier alpha value is -0.800. The van der Waals surface area contributed by atoms with E-state index in [4.69, 9.17) is 5.11 Å². The van der Waals surface area contributed by atoms with Crippen molar-refractivity contribution in [1.29, 1.82) is 0 Å². The third-order valence-electron chi connectivity index (χ3n) is 3.29. The minimum Gasteiger partial charge on any atom is -0.395 e. The molecule has 0 unspecified atom stereocenters. The molecule has 0 aliphatic rings. The fraction of sp³-hybridized carbons (Fsp3) is 0.692. The Labute approximate surface area is 98.5 Å². The van der Waals surface area contributed by atoms with Crippen molar-refractivity contribution in [3.8, 4) is 0 Å². The van der Waals surface area contributed by atoms with Crippen LogP contribution in [-0.2, 0) is 13.1 Å². The van der Waals surface area contributed by atoms with Gasteiger partial charge in [0.15, 0.2) is 0 Å². The van der Waals surface area contributed by atoms with E-state index in [0.717, 1.165) is 19.5 Å². The number of nitrogens with zero attached hydrogens (tertiary/aromatic N) is 1. The summed E-state index contributed by atoms with van der Waals surface area (Å²) in [6.07, 6.45) is 0.961. The highest BCUT2D eigenvalue weighted by atomic mass is 16.3. The molecule has 1 aromatic rings. The summed E-state index contributed by atoms with van der Waals surface area (Å²) in [5.74, 6) is 0. The molecule has 0 spiro atoms. The van der Waals surface area contributed by atoms with Crippen LogP contribution in [-0.4, -0.2) is 22.3 Å². The summed E-state index contributed by atoms with van der Waals surface area (Å²) < 4.78 is 2.32. The molecule has 1 atom stereocenters. The van der Waals surface area contributed by atoms with Crippen LogP contribution < -0.4 is 5.32 Å². The van der Waals surface area contributed by atoms with Gasteiger partial charge >= 0.3 is 0 Å². The van der Waals surface area contributed by atoms with Gasteiger partial charge in [-0.1, -0.05) is 6.92 Å². The molecule has 0 aromatic carbocycles. The van der Waals surface area contributed by atoms with E-state index < -0.39 is 0 Å². The molecule has 0 saturated heterocycles. The molecule has 0 saturated carbocycles. The van der Waals surface area contributed by atoms with E-state index in [9.17, 15) is 0 Å². The van der Waals surface area contributed by atoms with Crippen molar-refractivity contribution < 1.29 is 5.11 Å². The van der Waals surface area contributed by atoms with Crippen LogP contribution in [0.1, 0.15) is 37.2 Å². The monoisotopic (exact) mass is 224 g/mol. The summed E-state index contributed by atoms with van der Waals surface area (Å²) in [4.78, 5) is 0. The third-order valence-corrected chi connectivity index (χ3v) is 3.29. The lowest BCUT2D eigenvalue weighted by molar-refractivity contribution is 0.238. The smallest absolute Gasteiger partial charge is 0.0584 e. The summed E-state index contributed by atoms with van der Waals surface area (Å²) in [5, 5.41) is 12.5. The van der Waals surface area contributed by atoms with Crippen molar-refractivity contribution in [2.75, 3.05) is 6.61 Å². The number of hydrogen-bond acceptors (Lipinski definition) is 2. The zero-order valence-electron chi connectivity index (χ0n) is 10.9. The van der Waals surface area contributed by atoms with Gasteiger partial charge in [0.2, 0.25) is 0 Å². The van der Waals surface area contributed by atoms with Crippen LogP contribution in [0.25, 0.3) is 0 Å². The Morgan fingerprint density at radius 2 is 2.06 bits per heavy atom. The number of hydrogen-bond donors (Lipinski definition) is 2. The molecule has 1 aromatic heterocycles. The van der Waals surface area contributed by atoms with Gasteiger partial charge in [-0.05, 0) is 38.8 Å². The van der Waals surface area contributed by atoms with Crippen LogP contribution >= 0.6 is 0 Å². The molecule has 2 N–H and O–H groups in total. The van der Waals surface area contributed by atoms with Crippen molar-refractivity contribution in [3.63, 3.8) is 0 Å². The Balaban J connectivity index is 2.67. The number of aliphatic hydroxyl groups excluding tert-OH is 1. The molecule has 92 valence electrons. The molecule has 3 heteroatoms. The zero-order valence-corrected chi connectivity index (χ0v) is 10.9. The number of rotatable bonds is 6. The van der Waals surface area contributed by atoms with Gasteiger partial charge in [0.1, 0.15) is 0 Å². The average molecular weight is 224 g/mol. The minimum atomic E-state index is 0.211. The Morgan fingerprint density at radius 3 is 2.50 bits per heavy atom. The van der Waals surface area contributed by atoms with Crippen molar-refractivity contribution in [3.05, 3.63) is 23.0 Å². The maximum absolute atomic E-state index is 9.11. The zero-order chi connectivity index (χ0) is 12.1. The third kappa shape index (κ3) is 2.86. The van der Waals surface area contributed by atoms with Crippen molar-refractivity contribution >= 4 is 0 Å². The average Bonchev–Trinajstić information content (AvgIpc) is 2.55. The molecule has 16 heavy (non-hydrogen) atoms. The molecule has 1 heterocycles. The van der Waals surface area contributed by atoms with Gasteiger partial charge in [-0.15, -0.1) is 0 Å². The van der Waals surface area contributed by atoms with E-state index in [0.29, 0.717) is 0 Å². The standard InChI is InChI=1S/C13H24N2O/c1-5-13(9-16)14-8-12-7-10(3)15(6-2)11(12)4/h7,13-14,16H,5-6,8-9H2,1-4H3/t13-/m1/s1. The molecular weight excluding hydrogens is 200 g/mol. The molecule has 0 bridgehead atoms. The summed E-state index contributed by atoms with van der Waals surface area (Å²) >= 11 is 0. The lowest BCUT2D eigenvalue weighted by Crippen LogP contribution is -2.31. The lowest BCUT2D eigenvalue weighted by Gasteiger charge is -2.14. The van der Waals surface area contributed by atoms with Crippen LogP contribution in [0.3, 0.4) is 0 Å². The van der Waals surface area contributed by atoms with Crippen LogP contribution in [0.2, 0.25) is 0 Å². The topological polar surface area (TPSA) is 37.2 Å². The molecule has 0 radical (unpaired) electrons. The summed E-state index contributed by atoms with van der Waals surface area (Å²) in [6, 6.07) is 2.44. The van der Waals surface area contributed by atoms with E-state index in [-0.39, 0.29) is 12.6 Å². The van der Waals surface area contributed by atoms with Gasteiger partial charge in [-0.3, -0.25) is 0 Å². The fourth-order valence-corrected chi connectivity index (χ4v) is 2.13. The lowest BCUT2D eigenvalue weighted by atomic mass is 10.2. The van der Waals surface area contributed by atoms with E-state index >= 15 is 0 Å². The van der Waals surface area contributed by atoms with Crippen LogP contribution in [0.4, 0.5) is 0 Å². The van der Waals surface area contributed by atoms with Crippen LogP contribution in [0.5, 0.6) is 0 Å². The molecule has 1 rings (SSSR count). The number of aromatic nitrogens is 1. The normalized spacial score (nSPS) is 13.1. The van der Waals surface area contributed by atoms with Crippen LogP contribution in [0.15, 0.2) is 6.07 Å². The van der Waals surface area contributed by atoms with E-state index in [1.54, 1.807) is 0 Å². The number of aliphatic hydroxyl groups is 1. The highest BCUT2D eigenvalue weighted by Crippen LogP contribution is 2.14. The van der Waals surface area contributed by atoms with Gasteiger partial charge < -0.3 is 15.0 Å². The maximum atomic E-state index is 9.11. The van der Waals surface area contributed by atoms with E-state index in [1.165, 1.54) is 17.0 Å². The molecule has 0 aliphatic carbocycles. The van der Waals surface area contributed by atoms with Crippen molar-refractivity contribution in [2.24, 2.45) is 0 Å². The first-order chi connectivity index (χ1) is 7.63. The van der Waals surface area contributed by atoms with E-state index in [1.807, 2.05) is 0 Å². The number of nitrogens with one attached hydrogen (secondary N) is 1. The van der Waals surface area contributed by atoms with Gasteiger partial charge in [-0.2, -0.15) is 0 Å². The number of aryl methyl sites for hydroxylation is 1. The first-order valence-corrected chi connectivity index (χ1v) is 6.13. The fourth-order valence-electron chi connectivity index (χ4n) is 2.13. The second kappa shape index (κ2) is 6.06. The molecule has 3 nitrogen and oxygen atoms in total. The molecule has 0 aliphatic heterocycles. The van der Waals surface area contributed by atoms with Crippen molar-refractivity contribution in [2.45, 2.75) is 53.2 Å². The van der Waals surface area contributed by atoms with Gasteiger partial charge in [0.25, 0.3) is 0 Å². The quantitative estimate of drug-likeness (QED) is 0.775. The van der Waals surface area contributed by atoms with Gasteiger partial charge in [0.05, 0.1) is 6.61 Å². The second-order valence-corrected chi connectivity index (χ2v) is 4.31.